The standard InChI is InChI=1S/C12H20O2S.H3N/c1-4-14-15(13,5-2,6-3)12-10-8-7-9-11-12;/h7-11H,4-6H2,1-3H3;1H3. The molecule has 4 heteroatoms. The summed E-state index contributed by atoms with van der Waals surface area (Å²) in [6, 6.07) is 9.55. The quantitative estimate of drug-likeness (QED) is 0.867. The highest BCUT2D eigenvalue weighted by Crippen LogP contribution is 2.36. The smallest absolute Gasteiger partial charge is 0.0683 e. The van der Waals surface area contributed by atoms with Crippen LogP contribution in [0.4, 0.5) is 0 Å². The largest absolute Gasteiger partial charge is 0.344 e. The number of hydrogen-bond acceptors (Lipinski definition) is 3. The van der Waals surface area contributed by atoms with Crippen LogP contribution in [0.5, 0.6) is 0 Å². The molecule has 0 saturated heterocycles. The van der Waals surface area contributed by atoms with Gasteiger partial charge in [0.25, 0.3) is 0 Å². The number of hydrogen-bond donors (Lipinski definition) is 1. The van der Waals surface area contributed by atoms with Gasteiger partial charge in [0.05, 0.1) is 11.5 Å². The molecule has 1 aromatic carbocycles. The van der Waals surface area contributed by atoms with Crippen molar-refractivity contribution in [2.75, 3.05) is 18.1 Å². The van der Waals surface area contributed by atoms with Gasteiger partial charge in [-0.2, -0.15) is 9.35 Å². The maximum atomic E-state index is 13.1. The monoisotopic (exact) mass is 245 g/mol. The van der Waals surface area contributed by atoms with Crippen molar-refractivity contribution in [3.63, 3.8) is 0 Å². The average molecular weight is 245 g/mol. The van der Waals surface area contributed by atoms with E-state index in [1.807, 2.05) is 51.1 Å². The second-order valence-corrected chi connectivity index (χ2v) is 7.76. The van der Waals surface area contributed by atoms with Crippen molar-refractivity contribution in [3.05, 3.63) is 30.3 Å². The Balaban J connectivity index is 0.00000225. The van der Waals surface area contributed by atoms with Crippen LogP contribution < -0.4 is 6.15 Å². The molecule has 1 aromatic rings. The fraction of sp³-hybridized carbons (Fsp3) is 0.500. The minimum Gasteiger partial charge on any atom is -0.344 e. The third-order valence-corrected chi connectivity index (χ3v) is 7.27. The van der Waals surface area contributed by atoms with E-state index in [1.54, 1.807) is 0 Å². The first-order chi connectivity index (χ1) is 7.09. The highest BCUT2D eigenvalue weighted by molar-refractivity contribution is 8.15. The summed E-state index contributed by atoms with van der Waals surface area (Å²) in [5.74, 6) is 1.09. The molecule has 0 aliphatic carbocycles. The molecule has 0 saturated carbocycles. The van der Waals surface area contributed by atoms with Crippen molar-refractivity contribution < 1.29 is 8.39 Å². The molecule has 0 aliphatic rings. The third-order valence-electron chi connectivity index (χ3n) is 2.83. The van der Waals surface area contributed by atoms with Gasteiger partial charge in [-0.3, -0.25) is 4.18 Å². The van der Waals surface area contributed by atoms with Gasteiger partial charge >= 0.3 is 0 Å². The lowest BCUT2D eigenvalue weighted by molar-refractivity contribution is 0.341. The van der Waals surface area contributed by atoms with Crippen molar-refractivity contribution in [1.29, 1.82) is 0 Å². The van der Waals surface area contributed by atoms with Crippen molar-refractivity contribution in [1.82, 2.24) is 6.15 Å². The maximum Gasteiger partial charge on any atom is 0.0683 e. The zero-order valence-corrected chi connectivity index (χ0v) is 11.3. The summed E-state index contributed by atoms with van der Waals surface area (Å²) in [5.41, 5.74) is 0. The first-order valence-corrected chi connectivity index (χ1v) is 7.67. The molecule has 94 valence electrons. The summed E-state index contributed by atoms with van der Waals surface area (Å²) in [4.78, 5) is 0.835. The van der Waals surface area contributed by atoms with Gasteiger partial charge in [-0.25, -0.2) is 4.21 Å². The Hall–Kier alpha value is -0.710. The Bertz CT molecular complexity index is 368. The van der Waals surface area contributed by atoms with Crippen LogP contribution in [0.25, 0.3) is 0 Å². The van der Waals surface area contributed by atoms with Gasteiger partial charge in [0.1, 0.15) is 0 Å². The molecule has 0 spiro atoms. The molecular weight excluding hydrogens is 222 g/mol. The van der Waals surface area contributed by atoms with E-state index in [0.29, 0.717) is 18.1 Å². The van der Waals surface area contributed by atoms with E-state index in [4.69, 9.17) is 4.18 Å². The van der Waals surface area contributed by atoms with E-state index in [-0.39, 0.29) is 6.15 Å². The first-order valence-electron chi connectivity index (χ1n) is 5.44. The topological polar surface area (TPSA) is 61.3 Å². The molecule has 1 rings (SSSR count). The Morgan fingerprint density at radius 1 is 1.06 bits per heavy atom. The maximum absolute atomic E-state index is 13.1. The summed E-state index contributed by atoms with van der Waals surface area (Å²) in [6.45, 7) is 6.24. The molecule has 3 N–H and O–H groups in total. The minimum absolute atomic E-state index is 0. The predicted octanol–water partition coefficient (Wildman–Crippen LogP) is 3.02. The second-order valence-electron chi connectivity index (χ2n) is 3.50. The van der Waals surface area contributed by atoms with Crippen molar-refractivity contribution in [2.45, 2.75) is 25.7 Å². The van der Waals surface area contributed by atoms with Crippen LogP contribution in [-0.2, 0) is 13.5 Å². The van der Waals surface area contributed by atoms with E-state index in [0.717, 1.165) is 4.90 Å². The van der Waals surface area contributed by atoms with E-state index in [9.17, 15) is 4.21 Å². The summed E-state index contributed by atoms with van der Waals surface area (Å²) in [5, 5.41) is 0. The summed E-state index contributed by atoms with van der Waals surface area (Å²) in [7, 11) is -3.08. The third kappa shape index (κ3) is 2.51. The Morgan fingerprint density at radius 3 is 1.94 bits per heavy atom. The van der Waals surface area contributed by atoms with Crippen molar-refractivity contribution in [2.24, 2.45) is 0 Å². The summed E-state index contributed by atoms with van der Waals surface area (Å²) < 4.78 is 18.8. The van der Waals surface area contributed by atoms with Gasteiger partial charge in [0, 0.05) is 11.5 Å². The van der Waals surface area contributed by atoms with Crippen molar-refractivity contribution in [3.8, 4) is 0 Å². The van der Waals surface area contributed by atoms with Crippen LogP contribution in [0.2, 0.25) is 0 Å². The van der Waals surface area contributed by atoms with Crippen LogP contribution in [0.3, 0.4) is 0 Å². The highest BCUT2D eigenvalue weighted by atomic mass is 32.3. The van der Waals surface area contributed by atoms with Gasteiger partial charge in [0.2, 0.25) is 0 Å². The zero-order valence-electron chi connectivity index (χ0n) is 10.4. The Labute approximate surface area is 98.4 Å². The fourth-order valence-corrected chi connectivity index (χ4v) is 4.63. The molecule has 0 heterocycles. The lowest BCUT2D eigenvalue weighted by Gasteiger charge is -2.46. The van der Waals surface area contributed by atoms with E-state index in [2.05, 4.69) is 0 Å². The van der Waals surface area contributed by atoms with Gasteiger partial charge in [-0.05, 0) is 32.9 Å². The first kappa shape index (κ1) is 15.3. The van der Waals surface area contributed by atoms with Crippen LogP contribution >= 0.6 is 0 Å². The SMILES string of the molecule is CCOS(=O)(CC)(CC)c1ccccc1.N. The molecule has 0 radical (unpaired) electrons. The lowest BCUT2D eigenvalue weighted by atomic mass is 10.4. The zero-order chi connectivity index (χ0) is 11.4. The molecule has 0 aliphatic heterocycles. The Kier molecular flexibility index (Phi) is 5.32. The van der Waals surface area contributed by atoms with E-state index < -0.39 is 9.35 Å². The average Bonchev–Trinajstić information content (AvgIpc) is 2.31. The van der Waals surface area contributed by atoms with E-state index >= 15 is 0 Å². The van der Waals surface area contributed by atoms with Gasteiger partial charge in [-0.1, -0.05) is 18.2 Å². The number of benzene rings is 1. The molecule has 0 unspecified atom stereocenters. The molecule has 3 nitrogen and oxygen atoms in total. The minimum atomic E-state index is -3.08. The molecular formula is C12H23NO2S. The molecule has 0 bridgehead atoms. The molecule has 0 aromatic heterocycles. The van der Waals surface area contributed by atoms with Crippen LogP contribution in [0.15, 0.2) is 35.2 Å². The normalized spacial score (nSPS) is 13.6. The van der Waals surface area contributed by atoms with Gasteiger partial charge < -0.3 is 6.15 Å². The number of rotatable bonds is 5. The molecule has 16 heavy (non-hydrogen) atoms. The second kappa shape index (κ2) is 5.57. The van der Waals surface area contributed by atoms with Gasteiger partial charge in [-0.15, -0.1) is 0 Å². The highest BCUT2D eigenvalue weighted by Gasteiger charge is 2.29. The van der Waals surface area contributed by atoms with Crippen LogP contribution in [-0.4, -0.2) is 22.3 Å². The molecule has 0 fully saturated rings. The summed E-state index contributed by atoms with van der Waals surface area (Å²) >= 11 is 0. The molecule has 0 atom stereocenters. The van der Waals surface area contributed by atoms with Gasteiger partial charge in [0.15, 0.2) is 0 Å². The fourth-order valence-electron chi connectivity index (χ4n) is 1.77. The lowest BCUT2D eigenvalue weighted by Crippen LogP contribution is -2.41. The molecule has 0 amide bonds. The van der Waals surface area contributed by atoms with E-state index in [1.165, 1.54) is 0 Å². The van der Waals surface area contributed by atoms with Crippen LogP contribution in [0, 0.1) is 0 Å². The van der Waals surface area contributed by atoms with Crippen molar-refractivity contribution >= 4 is 9.35 Å². The Morgan fingerprint density at radius 2 is 1.56 bits per heavy atom. The van der Waals surface area contributed by atoms with Crippen LogP contribution in [0.1, 0.15) is 20.8 Å². The summed E-state index contributed by atoms with van der Waals surface area (Å²) in [6.07, 6.45) is 0. The predicted molar refractivity (Wildman–Crippen MR) is 70.6 cm³/mol.